The zero-order valence-corrected chi connectivity index (χ0v) is 11.1. The monoisotopic (exact) mass is 239 g/mol. The van der Waals surface area contributed by atoms with Crippen molar-refractivity contribution in [1.82, 2.24) is 15.1 Å². The van der Waals surface area contributed by atoms with Crippen LogP contribution in [0.5, 0.6) is 0 Å². The predicted molar refractivity (Wildman–Crippen MR) is 69.1 cm³/mol. The van der Waals surface area contributed by atoms with Gasteiger partial charge in [-0.05, 0) is 52.2 Å². The maximum absolute atomic E-state index is 12.2. The fourth-order valence-corrected chi connectivity index (χ4v) is 2.58. The molecule has 0 bridgehead atoms. The Morgan fingerprint density at radius 3 is 2.35 bits per heavy atom. The molecular formula is C13H25N3O. The SMILES string of the molecule is CCCNC(=O)N(C1CC1)C1CCN(C)CC1. The Labute approximate surface area is 104 Å². The van der Waals surface area contributed by atoms with Crippen LogP contribution in [-0.2, 0) is 0 Å². The molecule has 4 heteroatoms. The van der Waals surface area contributed by atoms with Gasteiger partial charge in [0.1, 0.15) is 0 Å². The largest absolute Gasteiger partial charge is 0.338 e. The van der Waals surface area contributed by atoms with E-state index < -0.39 is 0 Å². The van der Waals surface area contributed by atoms with Crippen LogP contribution >= 0.6 is 0 Å². The highest BCUT2D eigenvalue weighted by atomic mass is 16.2. The van der Waals surface area contributed by atoms with E-state index in [1.54, 1.807) is 0 Å². The van der Waals surface area contributed by atoms with Gasteiger partial charge in [-0.15, -0.1) is 0 Å². The summed E-state index contributed by atoms with van der Waals surface area (Å²) in [5.41, 5.74) is 0. The summed E-state index contributed by atoms with van der Waals surface area (Å²) in [5.74, 6) is 0. The van der Waals surface area contributed by atoms with E-state index in [1.165, 1.54) is 12.8 Å². The summed E-state index contributed by atoms with van der Waals surface area (Å²) in [6.07, 6.45) is 5.68. The highest BCUT2D eigenvalue weighted by Crippen LogP contribution is 2.31. The van der Waals surface area contributed by atoms with Crippen molar-refractivity contribution in [1.29, 1.82) is 0 Å². The summed E-state index contributed by atoms with van der Waals surface area (Å²) < 4.78 is 0. The van der Waals surface area contributed by atoms with Crippen molar-refractivity contribution >= 4 is 6.03 Å². The lowest BCUT2D eigenvalue weighted by atomic mass is 10.0. The number of urea groups is 1. The van der Waals surface area contributed by atoms with E-state index in [2.05, 4.69) is 29.1 Å². The van der Waals surface area contributed by atoms with Crippen LogP contribution < -0.4 is 5.32 Å². The smallest absolute Gasteiger partial charge is 0.317 e. The molecule has 0 atom stereocenters. The molecule has 0 aromatic rings. The molecule has 2 fully saturated rings. The Balaban J connectivity index is 1.90. The van der Waals surface area contributed by atoms with E-state index in [4.69, 9.17) is 0 Å². The zero-order chi connectivity index (χ0) is 12.3. The van der Waals surface area contributed by atoms with E-state index >= 15 is 0 Å². The number of carbonyl (C=O) groups excluding carboxylic acids is 1. The van der Waals surface area contributed by atoms with Gasteiger partial charge in [-0.2, -0.15) is 0 Å². The third-order valence-electron chi connectivity index (χ3n) is 3.78. The average molecular weight is 239 g/mol. The van der Waals surface area contributed by atoms with Crippen molar-refractivity contribution < 1.29 is 4.79 Å². The van der Waals surface area contributed by atoms with Crippen LogP contribution in [0.3, 0.4) is 0 Å². The molecule has 0 aromatic heterocycles. The number of hydrogen-bond acceptors (Lipinski definition) is 2. The predicted octanol–water partition coefficient (Wildman–Crippen LogP) is 1.66. The Hall–Kier alpha value is -0.770. The topological polar surface area (TPSA) is 35.6 Å². The molecule has 1 saturated carbocycles. The Kier molecular flexibility index (Phi) is 4.26. The van der Waals surface area contributed by atoms with Crippen molar-refractivity contribution in [3.05, 3.63) is 0 Å². The summed E-state index contributed by atoms with van der Waals surface area (Å²) in [7, 11) is 2.16. The first-order chi connectivity index (χ1) is 8.22. The van der Waals surface area contributed by atoms with Crippen LogP contribution in [0.1, 0.15) is 39.0 Å². The van der Waals surface area contributed by atoms with Crippen molar-refractivity contribution in [3.63, 3.8) is 0 Å². The summed E-state index contributed by atoms with van der Waals surface area (Å²) in [6.45, 7) is 5.13. The third-order valence-corrected chi connectivity index (χ3v) is 3.78. The quantitative estimate of drug-likeness (QED) is 0.810. The van der Waals surface area contributed by atoms with Crippen LogP contribution in [-0.4, -0.2) is 54.6 Å². The first kappa shape index (κ1) is 12.7. The minimum atomic E-state index is 0.170. The molecule has 1 saturated heterocycles. The minimum Gasteiger partial charge on any atom is -0.338 e. The molecule has 1 N–H and O–H groups in total. The lowest BCUT2D eigenvalue weighted by Crippen LogP contribution is -2.51. The van der Waals surface area contributed by atoms with Gasteiger partial charge in [0.2, 0.25) is 0 Å². The van der Waals surface area contributed by atoms with E-state index in [-0.39, 0.29) is 6.03 Å². The van der Waals surface area contributed by atoms with E-state index in [0.717, 1.165) is 38.9 Å². The number of rotatable bonds is 4. The number of carbonyl (C=O) groups is 1. The number of likely N-dealkylation sites (tertiary alicyclic amines) is 1. The Bertz CT molecular complexity index is 257. The summed E-state index contributed by atoms with van der Waals surface area (Å²) in [6, 6.07) is 1.17. The van der Waals surface area contributed by atoms with Crippen molar-refractivity contribution in [2.75, 3.05) is 26.7 Å². The molecule has 0 unspecified atom stereocenters. The molecule has 1 heterocycles. The van der Waals surface area contributed by atoms with Crippen LogP contribution in [0.15, 0.2) is 0 Å². The second-order valence-electron chi connectivity index (χ2n) is 5.40. The van der Waals surface area contributed by atoms with Gasteiger partial charge in [0.25, 0.3) is 0 Å². The highest BCUT2D eigenvalue weighted by molar-refractivity contribution is 5.75. The summed E-state index contributed by atoms with van der Waals surface area (Å²) in [4.78, 5) is 16.7. The standard InChI is InChI=1S/C13H25N3O/c1-3-8-14-13(17)16(11-4-5-11)12-6-9-15(2)10-7-12/h11-12H,3-10H2,1-2H3,(H,14,17). The van der Waals surface area contributed by atoms with E-state index in [1.807, 2.05) is 0 Å². The van der Waals surface area contributed by atoms with Gasteiger partial charge in [-0.1, -0.05) is 6.92 Å². The second kappa shape index (κ2) is 5.71. The molecule has 2 aliphatic rings. The first-order valence-corrected chi connectivity index (χ1v) is 6.97. The molecular weight excluding hydrogens is 214 g/mol. The number of piperidine rings is 1. The summed E-state index contributed by atoms with van der Waals surface area (Å²) in [5, 5.41) is 3.04. The van der Waals surface area contributed by atoms with Crippen LogP contribution in [0.4, 0.5) is 4.79 Å². The van der Waals surface area contributed by atoms with Crippen molar-refractivity contribution in [2.24, 2.45) is 0 Å². The maximum Gasteiger partial charge on any atom is 0.317 e. The molecule has 98 valence electrons. The molecule has 0 aromatic carbocycles. The molecule has 17 heavy (non-hydrogen) atoms. The van der Waals surface area contributed by atoms with Gasteiger partial charge in [0.05, 0.1) is 0 Å². The molecule has 2 amide bonds. The molecule has 2 rings (SSSR count). The van der Waals surface area contributed by atoms with E-state index in [0.29, 0.717) is 12.1 Å². The molecule has 1 aliphatic carbocycles. The number of hydrogen-bond donors (Lipinski definition) is 1. The fraction of sp³-hybridized carbons (Fsp3) is 0.923. The minimum absolute atomic E-state index is 0.170. The molecule has 1 aliphatic heterocycles. The number of nitrogens with zero attached hydrogens (tertiary/aromatic N) is 2. The molecule has 0 radical (unpaired) electrons. The van der Waals surface area contributed by atoms with Crippen LogP contribution in [0.25, 0.3) is 0 Å². The maximum atomic E-state index is 12.2. The Morgan fingerprint density at radius 2 is 1.82 bits per heavy atom. The fourth-order valence-electron chi connectivity index (χ4n) is 2.58. The van der Waals surface area contributed by atoms with Gasteiger partial charge in [-0.25, -0.2) is 4.79 Å². The van der Waals surface area contributed by atoms with Crippen molar-refractivity contribution in [2.45, 2.75) is 51.1 Å². The molecule has 4 nitrogen and oxygen atoms in total. The highest BCUT2D eigenvalue weighted by Gasteiger charge is 2.38. The van der Waals surface area contributed by atoms with Crippen molar-refractivity contribution in [3.8, 4) is 0 Å². The lowest BCUT2D eigenvalue weighted by molar-refractivity contribution is 0.127. The number of amides is 2. The Morgan fingerprint density at radius 1 is 1.24 bits per heavy atom. The van der Waals surface area contributed by atoms with Crippen LogP contribution in [0, 0.1) is 0 Å². The van der Waals surface area contributed by atoms with Gasteiger partial charge < -0.3 is 15.1 Å². The van der Waals surface area contributed by atoms with Crippen LogP contribution in [0.2, 0.25) is 0 Å². The van der Waals surface area contributed by atoms with Gasteiger partial charge >= 0.3 is 6.03 Å². The number of nitrogens with one attached hydrogen (secondary N) is 1. The average Bonchev–Trinajstić information content (AvgIpc) is 3.14. The second-order valence-corrected chi connectivity index (χ2v) is 5.40. The molecule has 0 spiro atoms. The zero-order valence-electron chi connectivity index (χ0n) is 11.1. The normalized spacial score (nSPS) is 22.5. The van der Waals surface area contributed by atoms with Gasteiger partial charge in [0.15, 0.2) is 0 Å². The van der Waals surface area contributed by atoms with Gasteiger partial charge in [0, 0.05) is 18.6 Å². The lowest BCUT2D eigenvalue weighted by Gasteiger charge is -2.37. The van der Waals surface area contributed by atoms with Gasteiger partial charge in [-0.3, -0.25) is 0 Å². The third kappa shape index (κ3) is 3.35. The van der Waals surface area contributed by atoms with E-state index in [9.17, 15) is 4.79 Å². The summed E-state index contributed by atoms with van der Waals surface area (Å²) >= 11 is 0. The first-order valence-electron chi connectivity index (χ1n) is 6.97.